The summed E-state index contributed by atoms with van der Waals surface area (Å²) in [5.41, 5.74) is 1.47. The highest BCUT2D eigenvalue weighted by Crippen LogP contribution is 2.28. The average molecular weight is 251 g/mol. The number of halogens is 1. The predicted octanol–water partition coefficient (Wildman–Crippen LogP) is 4.08. The van der Waals surface area contributed by atoms with Gasteiger partial charge >= 0.3 is 0 Å². The van der Waals surface area contributed by atoms with Crippen molar-refractivity contribution >= 4 is 17.3 Å². The summed E-state index contributed by atoms with van der Waals surface area (Å²) in [6, 6.07) is 8.15. The van der Waals surface area contributed by atoms with Gasteiger partial charge < -0.3 is 4.90 Å². The molecule has 0 bridgehead atoms. The monoisotopic (exact) mass is 250 g/mol. The third-order valence-electron chi connectivity index (χ3n) is 2.96. The Bertz CT molecular complexity index is 421. The van der Waals surface area contributed by atoms with Gasteiger partial charge in [-0.15, -0.1) is 0 Å². The first kappa shape index (κ1) is 13.9. The van der Waals surface area contributed by atoms with E-state index in [0.29, 0.717) is 22.5 Å². The van der Waals surface area contributed by atoms with E-state index in [-0.39, 0.29) is 0 Å². The molecule has 0 fully saturated rings. The van der Waals surface area contributed by atoms with E-state index < -0.39 is 0 Å². The van der Waals surface area contributed by atoms with Crippen molar-refractivity contribution in [1.82, 2.24) is 0 Å². The number of nitrogens with zero attached hydrogens (tertiary/aromatic N) is 2. The Labute approximate surface area is 109 Å². The van der Waals surface area contributed by atoms with Gasteiger partial charge in [0.25, 0.3) is 0 Å². The molecular formula is C14H19ClN2. The summed E-state index contributed by atoms with van der Waals surface area (Å²) in [5.74, 6) is 0.636. The molecule has 3 heteroatoms. The van der Waals surface area contributed by atoms with E-state index in [0.717, 1.165) is 12.1 Å². The van der Waals surface area contributed by atoms with Crippen LogP contribution in [-0.2, 0) is 0 Å². The molecule has 1 atom stereocenters. The van der Waals surface area contributed by atoms with E-state index in [1.54, 1.807) is 6.07 Å². The lowest BCUT2D eigenvalue weighted by atomic mass is 10.0. The highest BCUT2D eigenvalue weighted by molar-refractivity contribution is 6.32. The lowest BCUT2D eigenvalue weighted by Crippen LogP contribution is -2.30. The van der Waals surface area contributed by atoms with Crippen molar-refractivity contribution in [2.24, 2.45) is 5.92 Å². The van der Waals surface area contributed by atoms with Crippen LogP contribution in [0.3, 0.4) is 0 Å². The minimum Gasteiger partial charge on any atom is -0.371 e. The van der Waals surface area contributed by atoms with Crippen molar-refractivity contribution in [2.75, 3.05) is 11.9 Å². The van der Waals surface area contributed by atoms with E-state index in [2.05, 4.69) is 31.7 Å². The quantitative estimate of drug-likeness (QED) is 0.805. The minimum absolute atomic E-state index is 0.389. The number of benzene rings is 1. The van der Waals surface area contributed by atoms with E-state index in [1.807, 2.05) is 19.2 Å². The smallest absolute Gasteiger partial charge is 0.103 e. The lowest BCUT2D eigenvalue weighted by Gasteiger charge is -2.29. The van der Waals surface area contributed by atoms with Crippen LogP contribution in [0.5, 0.6) is 0 Å². The summed E-state index contributed by atoms with van der Waals surface area (Å²) in [4.78, 5) is 2.13. The lowest BCUT2D eigenvalue weighted by molar-refractivity contribution is 0.504. The average Bonchev–Trinajstić information content (AvgIpc) is 2.26. The molecular weight excluding hydrogens is 232 g/mol. The molecule has 0 radical (unpaired) electrons. The third-order valence-corrected chi connectivity index (χ3v) is 3.27. The second-order valence-electron chi connectivity index (χ2n) is 4.84. The fraction of sp³-hybridized carbons (Fsp3) is 0.500. The standard InChI is InChI=1S/C14H19ClN2/c1-10(2)8-11(3)17(4)14-7-5-6-13(15)12(14)9-16/h5-7,10-11H,8H2,1-4H3. The van der Waals surface area contributed by atoms with Gasteiger partial charge in [-0.3, -0.25) is 0 Å². The molecule has 1 aromatic rings. The summed E-state index contributed by atoms with van der Waals surface area (Å²) < 4.78 is 0. The molecule has 0 heterocycles. The zero-order chi connectivity index (χ0) is 13.0. The van der Waals surface area contributed by atoms with Gasteiger partial charge in [0.05, 0.1) is 16.3 Å². The Morgan fingerprint density at radius 1 is 1.35 bits per heavy atom. The number of rotatable bonds is 4. The number of hydrogen-bond acceptors (Lipinski definition) is 2. The van der Waals surface area contributed by atoms with Crippen LogP contribution < -0.4 is 4.90 Å². The van der Waals surface area contributed by atoms with Crippen LogP contribution in [0, 0.1) is 17.2 Å². The fourth-order valence-electron chi connectivity index (χ4n) is 2.00. The van der Waals surface area contributed by atoms with Gasteiger partial charge in [-0.05, 0) is 31.4 Å². The predicted molar refractivity (Wildman–Crippen MR) is 73.5 cm³/mol. The highest BCUT2D eigenvalue weighted by Gasteiger charge is 2.16. The topological polar surface area (TPSA) is 27.0 Å². The summed E-state index contributed by atoms with van der Waals surface area (Å²) in [6.45, 7) is 6.57. The molecule has 0 aliphatic rings. The van der Waals surface area contributed by atoms with Crippen molar-refractivity contribution < 1.29 is 0 Å². The maximum atomic E-state index is 9.15. The molecule has 0 spiro atoms. The van der Waals surface area contributed by atoms with Gasteiger partial charge in [-0.1, -0.05) is 31.5 Å². The molecule has 0 aliphatic heterocycles. The number of nitriles is 1. The first-order chi connectivity index (χ1) is 7.97. The van der Waals surface area contributed by atoms with Crippen molar-refractivity contribution in [1.29, 1.82) is 5.26 Å². The molecule has 0 aromatic heterocycles. The Kier molecular flexibility index (Phi) is 4.84. The van der Waals surface area contributed by atoms with Crippen LogP contribution in [0.1, 0.15) is 32.8 Å². The minimum atomic E-state index is 0.389. The molecule has 0 aliphatic carbocycles. The summed E-state index contributed by atoms with van der Waals surface area (Å²) in [5, 5.41) is 9.67. The molecule has 0 N–H and O–H groups in total. The highest BCUT2D eigenvalue weighted by atomic mass is 35.5. The third kappa shape index (κ3) is 3.38. The first-order valence-electron chi connectivity index (χ1n) is 5.88. The fourth-order valence-corrected chi connectivity index (χ4v) is 2.21. The first-order valence-corrected chi connectivity index (χ1v) is 6.26. The second kappa shape index (κ2) is 5.93. The van der Waals surface area contributed by atoms with Crippen molar-refractivity contribution in [2.45, 2.75) is 33.2 Å². The van der Waals surface area contributed by atoms with Gasteiger partial charge in [0.1, 0.15) is 6.07 Å². The number of hydrogen-bond donors (Lipinski definition) is 0. The maximum Gasteiger partial charge on any atom is 0.103 e. The normalized spacial score (nSPS) is 12.3. The van der Waals surface area contributed by atoms with E-state index in [4.69, 9.17) is 16.9 Å². The molecule has 0 amide bonds. The molecule has 92 valence electrons. The van der Waals surface area contributed by atoms with Crippen LogP contribution in [0.15, 0.2) is 18.2 Å². The molecule has 2 nitrogen and oxygen atoms in total. The van der Waals surface area contributed by atoms with Crippen LogP contribution in [0.2, 0.25) is 5.02 Å². The van der Waals surface area contributed by atoms with E-state index in [9.17, 15) is 0 Å². The largest absolute Gasteiger partial charge is 0.371 e. The SMILES string of the molecule is CC(C)CC(C)N(C)c1cccc(Cl)c1C#N. The van der Waals surface area contributed by atoms with Crippen LogP contribution >= 0.6 is 11.6 Å². The van der Waals surface area contributed by atoms with Crippen LogP contribution in [-0.4, -0.2) is 13.1 Å². The molecule has 0 saturated heterocycles. The zero-order valence-electron chi connectivity index (χ0n) is 10.9. The Balaban J connectivity index is 3.00. The van der Waals surface area contributed by atoms with Crippen molar-refractivity contribution in [3.8, 4) is 6.07 Å². The maximum absolute atomic E-state index is 9.15. The molecule has 1 aromatic carbocycles. The van der Waals surface area contributed by atoms with Crippen molar-refractivity contribution in [3.05, 3.63) is 28.8 Å². The Hall–Kier alpha value is -1.20. The van der Waals surface area contributed by atoms with E-state index >= 15 is 0 Å². The summed E-state index contributed by atoms with van der Waals surface area (Å²) in [7, 11) is 2.01. The van der Waals surface area contributed by atoms with Crippen LogP contribution in [0.4, 0.5) is 5.69 Å². The van der Waals surface area contributed by atoms with Crippen molar-refractivity contribution in [3.63, 3.8) is 0 Å². The van der Waals surface area contributed by atoms with Gasteiger partial charge in [-0.2, -0.15) is 5.26 Å². The molecule has 0 saturated carbocycles. The van der Waals surface area contributed by atoms with Crippen LogP contribution in [0.25, 0.3) is 0 Å². The Morgan fingerprint density at radius 3 is 2.53 bits per heavy atom. The molecule has 17 heavy (non-hydrogen) atoms. The number of anilines is 1. The summed E-state index contributed by atoms with van der Waals surface area (Å²) >= 11 is 6.03. The molecule has 1 unspecified atom stereocenters. The molecule has 1 rings (SSSR count). The zero-order valence-corrected chi connectivity index (χ0v) is 11.6. The second-order valence-corrected chi connectivity index (χ2v) is 5.24. The van der Waals surface area contributed by atoms with Gasteiger partial charge in [0.15, 0.2) is 0 Å². The summed E-state index contributed by atoms with van der Waals surface area (Å²) in [6.07, 6.45) is 1.09. The van der Waals surface area contributed by atoms with Gasteiger partial charge in [-0.25, -0.2) is 0 Å². The van der Waals surface area contributed by atoms with Gasteiger partial charge in [0.2, 0.25) is 0 Å². The van der Waals surface area contributed by atoms with Gasteiger partial charge in [0, 0.05) is 13.1 Å². The Morgan fingerprint density at radius 2 is 2.00 bits per heavy atom. The van der Waals surface area contributed by atoms with E-state index in [1.165, 1.54) is 0 Å².